The Labute approximate surface area is 95.7 Å². The van der Waals surface area contributed by atoms with Crippen LogP contribution >= 0.6 is 0 Å². The van der Waals surface area contributed by atoms with Crippen LogP contribution in [0.4, 0.5) is 0 Å². The number of hydrogen-bond acceptors (Lipinski definition) is 0. The van der Waals surface area contributed by atoms with E-state index in [-0.39, 0.29) is 0 Å². The van der Waals surface area contributed by atoms with Gasteiger partial charge in [-0.05, 0) is 39.7 Å². The van der Waals surface area contributed by atoms with Gasteiger partial charge in [0.25, 0.3) is 0 Å². The molecule has 0 bridgehead atoms. The van der Waals surface area contributed by atoms with Crippen molar-refractivity contribution in [3.05, 3.63) is 23.3 Å². The van der Waals surface area contributed by atoms with Crippen molar-refractivity contribution in [3.8, 4) is 0 Å². The van der Waals surface area contributed by atoms with Crippen molar-refractivity contribution in [2.45, 2.75) is 47.5 Å². The minimum absolute atomic E-state index is 0.796. The van der Waals surface area contributed by atoms with Gasteiger partial charge in [0.05, 0.1) is 13.1 Å². The molecule has 2 N–H and O–H groups in total. The van der Waals surface area contributed by atoms with Crippen molar-refractivity contribution in [3.63, 3.8) is 0 Å². The van der Waals surface area contributed by atoms with Crippen LogP contribution in [0.3, 0.4) is 0 Å². The second-order valence-electron chi connectivity index (χ2n) is 5.02. The highest BCUT2D eigenvalue weighted by Crippen LogP contribution is 2.05. The fourth-order valence-electron chi connectivity index (χ4n) is 1.40. The quantitative estimate of drug-likeness (QED) is 0.491. The second kappa shape index (κ2) is 8.72. The lowest BCUT2D eigenvalue weighted by molar-refractivity contribution is -0.650. The van der Waals surface area contributed by atoms with Gasteiger partial charge in [0.1, 0.15) is 0 Å². The van der Waals surface area contributed by atoms with Crippen molar-refractivity contribution >= 4 is 0 Å². The Bertz CT molecular complexity index is 207. The van der Waals surface area contributed by atoms with E-state index >= 15 is 0 Å². The lowest BCUT2D eigenvalue weighted by Gasteiger charge is -2.02. The third kappa shape index (κ3) is 11.4. The van der Waals surface area contributed by atoms with Gasteiger partial charge in [-0.25, -0.2) is 0 Å². The van der Waals surface area contributed by atoms with Gasteiger partial charge in [-0.3, -0.25) is 0 Å². The van der Waals surface area contributed by atoms with Crippen LogP contribution in [0.5, 0.6) is 0 Å². The second-order valence-corrected chi connectivity index (χ2v) is 5.02. The Morgan fingerprint density at radius 1 is 1.13 bits per heavy atom. The highest BCUT2D eigenvalue weighted by Gasteiger charge is 1.94. The van der Waals surface area contributed by atoms with Gasteiger partial charge in [-0.15, -0.1) is 0 Å². The summed E-state index contributed by atoms with van der Waals surface area (Å²) >= 11 is 0. The van der Waals surface area contributed by atoms with Crippen molar-refractivity contribution in [1.29, 1.82) is 0 Å². The lowest BCUT2D eigenvalue weighted by atomic mass is 10.1. The molecule has 0 radical (unpaired) electrons. The molecule has 0 saturated carbocycles. The number of hydrogen-bond donors (Lipinski definition) is 1. The van der Waals surface area contributed by atoms with E-state index in [1.54, 1.807) is 0 Å². The molecule has 15 heavy (non-hydrogen) atoms. The SMILES string of the molecule is CC(C)=CCC/C(C)=C/C[NH2+]CC(C)C. The molecule has 0 spiro atoms. The summed E-state index contributed by atoms with van der Waals surface area (Å²) in [5.41, 5.74) is 2.95. The smallest absolute Gasteiger partial charge is 0.0945 e. The molecule has 0 rings (SSSR count). The van der Waals surface area contributed by atoms with E-state index in [4.69, 9.17) is 0 Å². The molecule has 0 saturated heterocycles. The van der Waals surface area contributed by atoms with E-state index in [0.717, 1.165) is 12.5 Å². The van der Waals surface area contributed by atoms with Crippen LogP contribution in [-0.2, 0) is 0 Å². The van der Waals surface area contributed by atoms with Crippen molar-refractivity contribution < 1.29 is 5.32 Å². The molecular weight excluding hydrogens is 182 g/mol. The zero-order valence-corrected chi connectivity index (χ0v) is 11.1. The predicted molar refractivity (Wildman–Crippen MR) is 68.9 cm³/mol. The number of allylic oxidation sites excluding steroid dienone is 3. The maximum Gasteiger partial charge on any atom is 0.0945 e. The van der Waals surface area contributed by atoms with Gasteiger partial charge in [-0.1, -0.05) is 31.1 Å². The Hall–Kier alpha value is -0.560. The zero-order chi connectivity index (χ0) is 11.7. The van der Waals surface area contributed by atoms with Crippen LogP contribution in [0.15, 0.2) is 23.3 Å². The molecule has 0 aromatic rings. The third-order valence-corrected chi connectivity index (χ3v) is 2.36. The standard InChI is InChI=1S/C14H27N/c1-12(2)7-6-8-14(5)9-10-15-11-13(3)4/h7,9,13,15H,6,8,10-11H2,1-5H3/p+1/b14-9+. The van der Waals surface area contributed by atoms with Crippen molar-refractivity contribution in [2.75, 3.05) is 13.1 Å². The molecule has 0 unspecified atom stereocenters. The van der Waals surface area contributed by atoms with Gasteiger partial charge < -0.3 is 5.32 Å². The molecule has 1 nitrogen and oxygen atoms in total. The zero-order valence-electron chi connectivity index (χ0n) is 11.1. The van der Waals surface area contributed by atoms with E-state index in [0.29, 0.717) is 0 Å². The van der Waals surface area contributed by atoms with E-state index in [1.807, 2.05) is 0 Å². The number of rotatable bonds is 7. The minimum atomic E-state index is 0.796. The predicted octanol–water partition coefficient (Wildman–Crippen LogP) is 2.90. The summed E-state index contributed by atoms with van der Waals surface area (Å²) < 4.78 is 0. The molecule has 0 fully saturated rings. The molecule has 0 heterocycles. The molecule has 0 aliphatic carbocycles. The van der Waals surface area contributed by atoms with E-state index in [2.05, 4.69) is 52.1 Å². The molecule has 1 heteroatoms. The van der Waals surface area contributed by atoms with E-state index in [1.165, 1.54) is 30.5 Å². The summed E-state index contributed by atoms with van der Waals surface area (Å²) in [7, 11) is 0. The maximum absolute atomic E-state index is 2.38. The topological polar surface area (TPSA) is 16.6 Å². The Balaban J connectivity index is 3.57. The van der Waals surface area contributed by atoms with Crippen molar-refractivity contribution in [1.82, 2.24) is 0 Å². The normalized spacial score (nSPS) is 12.0. The third-order valence-electron chi connectivity index (χ3n) is 2.36. The van der Waals surface area contributed by atoms with Crippen LogP contribution in [0.1, 0.15) is 47.5 Å². The number of nitrogens with two attached hydrogens (primary N) is 1. The Morgan fingerprint density at radius 3 is 2.33 bits per heavy atom. The van der Waals surface area contributed by atoms with Crippen LogP contribution in [-0.4, -0.2) is 13.1 Å². The fourth-order valence-corrected chi connectivity index (χ4v) is 1.40. The van der Waals surface area contributed by atoms with Gasteiger partial charge in [-0.2, -0.15) is 0 Å². The molecule has 0 aliphatic rings. The van der Waals surface area contributed by atoms with E-state index in [9.17, 15) is 0 Å². The summed E-state index contributed by atoms with van der Waals surface area (Å²) in [6.45, 7) is 13.5. The highest BCUT2D eigenvalue weighted by atomic mass is 14.8. The Morgan fingerprint density at radius 2 is 1.80 bits per heavy atom. The minimum Gasteiger partial charge on any atom is -0.343 e. The largest absolute Gasteiger partial charge is 0.343 e. The molecule has 0 aromatic carbocycles. The van der Waals surface area contributed by atoms with Gasteiger partial charge in [0.2, 0.25) is 0 Å². The first-order valence-corrected chi connectivity index (χ1v) is 6.13. The molecule has 88 valence electrons. The average molecular weight is 210 g/mol. The van der Waals surface area contributed by atoms with Crippen LogP contribution < -0.4 is 5.32 Å². The van der Waals surface area contributed by atoms with E-state index < -0.39 is 0 Å². The first-order chi connectivity index (χ1) is 7.02. The molecule has 0 atom stereocenters. The highest BCUT2D eigenvalue weighted by molar-refractivity contribution is 5.01. The first kappa shape index (κ1) is 14.4. The molecule has 0 aromatic heterocycles. The number of quaternary nitrogens is 1. The van der Waals surface area contributed by atoms with Crippen LogP contribution in [0.2, 0.25) is 0 Å². The monoisotopic (exact) mass is 210 g/mol. The summed E-state index contributed by atoms with van der Waals surface area (Å²) in [4.78, 5) is 0. The van der Waals surface area contributed by atoms with Crippen LogP contribution in [0, 0.1) is 5.92 Å². The summed E-state index contributed by atoms with van der Waals surface area (Å²) in [6, 6.07) is 0. The summed E-state index contributed by atoms with van der Waals surface area (Å²) in [6.07, 6.45) is 7.08. The van der Waals surface area contributed by atoms with Gasteiger partial charge in [0.15, 0.2) is 0 Å². The van der Waals surface area contributed by atoms with Crippen LogP contribution in [0.25, 0.3) is 0 Å². The van der Waals surface area contributed by atoms with Gasteiger partial charge in [0, 0.05) is 5.92 Å². The molecule has 0 aliphatic heterocycles. The fraction of sp³-hybridized carbons (Fsp3) is 0.714. The summed E-state index contributed by atoms with van der Waals surface area (Å²) in [5.74, 6) is 0.796. The maximum atomic E-state index is 2.38. The average Bonchev–Trinajstić information content (AvgIpc) is 2.11. The molecular formula is C14H28N+. The van der Waals surface area contributed by atoms with Crippen molar-refractivity contribution in [2.24, 2.45) is 5.92 Å². The lowest BCUT2D eigenvalue weighted by Crippen LogP contribution is -2.85. The first-order valence-electron chi connectivity index (χ1n) is 6.13. The summed E-state index contributed by atoms with van der Waals surface area (Å²) in [5, 5.41) is 2.38. The Kier molecular flexibility index (Phi) is 8.40. The molecule has 0 amide bonds. The van der Waals surface area contributed by atoms with Gasteiger partial charge >= 0.3 is 0 Å².